The molecule has 0 aliphatic rings. The number of nitrogens with zero attached hydrogens (tertiary/aromatic N) is 1. The van der Waals surface area contributed by atoms with Gasteiger partial charge in [0.15, 0.2) is 10.4 Å². The highest BCUT2D eigenvalue weighted by atomic mass is 79.9. The minimum Gasteiger partial charge on any atom is -0.444 e. The van der Waals surface area contributed by atoms with E-state index in [4.69, 9.17) is 15.9 Å². The zero-order chi connectivity index (χ0) is 13.0. The first-order chi connectivity index (χ1) is 7.90. The Morgan fingerprint density at radius 2 is 1.71 bits per heavy atom. The van der Waals surface area contributed by atoms with Crippen LogP contribution in [0.1, 0.15) is 10.6 Å². The zero-order valence-electron chi connectivity index (χ0n) is 8.68. The Kier molecular flexibility index (Phi) is 4.27. The van der Waals surface area contributed by atoms with Gasteiger partial charge in [0, 0.05) is 0 Å². The van der Waals surface area contributed by atoms with Crippen LogP contribution in [0.2, 0.25) is 0 Å². The molecule has 1 rings (SSSR count). The van der Waals surface area contributed by atoms with Crippen LogP contribution in [-0.4, -0.2) is 35.7 Å². The van der Waals surface area contributed by atoms with E-state index in [0.717, 1.165) is 4.90 Å². The molecule has 1 aromatic heterocycles. The fraction of sp³-hybridized carbons (Fsp3) is 0.222. The highest BCUT2D eigenvalue weighted by Gasteiger charge is 2.22. The van der Waals surface area contributed by atoms with Crippen LogP contribution >= 0.6 is 15.9 Å². The van der Waals surface area contributed by atoms with Crippen molar-refractivity contribution in [3.8, 4) is 0 Å². The number of carbonyl (C=O) groups is 3. The maximum atomic E-state index is 11.8. The molecule has 1 heterocycles. The third-order valence-electron chi connectivity index (χ3n) is 1.76. The maximum absolute atomic E-state index is 11.8. The molecule has 0 aliphatic carbocycles. The summed E-state index contributed by atoms with van der Waals surface area (Å²) >= 11 is 3.03. The standard InChI is InChI=1S/C9H10BrN3O4/c10-6-2-1-5(17-6)9(16)13(3-7(11)14)4-8(12)15/h1-2H,3-4H2,(H2,11,14)(H2,12,15). The molecule has 17 heavy (non-hydrogen) atoms. The van der Waals surface area contributed by atoms with Crippen LogP contribution in [-0.2, 0) is 9.59 Å². The second kappa shape index (κ2) is 5.48. The Balaban J connectivity index is 2.85. The third kappa shape index (κ3) is 3.91. The molecule has 0 aliphatic heterocycles. The van der Waals surface area contributed by atoms with Crippen LogP contribution < -0.4 is 11.5 Å². The van der Waals surface area contributed by atoms with E-state index in [-0.39, 0.29) is 5.76 Å². The van der Waals surface area contributed by atoms with Crippen molar-refractivity contribution in [3.05, 3.63) is 22.6 Å². The smallest absolute Gasteiger partial charge is 0.290 e. The fourth-order valence-electron chi connectivity index (χ4n) is 1.16. The summed E-state index contributed by atoms with van der Waals surface area (Å²) in [4.78, 5) is 34.3. The summed E-state index contributed by atoms with van der Waals surface area (Å²) in [5.41, 5.74) is 9.93. The summed E-state index contributed by atoms with van der Waals surface area (Å²) in [5, 5.41) is 0. The highest BCUT2D eigenvalue weighted by molar-refractivity contribution is 9.10. The molecule has 0 saturated carbocycles. The van der Waals surface area contributed by atoms with Crippen LogP contribution in [0.5, 0.6) is 0 Å². The molecule has 0 fully saturated rings. The quantitative estimate of drug-likeness (QED) is 0.758. The molecule has 8 heteroatoms. The summed E-state index contributed by atoms with van der Waals surface area (Å²) in [6.45, 7) is -0.805. The lowest BCUT2D eigenvalue weighted by atomic mass is 10.3. The molecule has 1 aromatic rings. The van der Waals surface area contributed by atoms with Crippen molar-refractivity contribution in [2.75, 3.05) is 13.1 Å². The Morgan fingerprint density at radius 1 is 1.18 bits per heavy atom. The van der Waals surface area contributed by atoms with Crippen molar-refractivity contribution in [2.24, 2.45) is 11.5 Å². The molecular formula is C9H10BrN3O4. The van der Waals surface area contributed by atoms with E-state index in [1.54, 1.807) is 0 Å². The summed E-state index contributed by atoms with van der Waals surface area (Å²) in [7, 11) is 0. The Labute approximate surface area is 105 Å². The van der Waals surface area contributed by atoms with Gasteiger partial charge in [0.1, 0.15) is 13.1 Å². The van der Waals surface area contributed by atoms with E-state index in [1.807, 2.05) is 0 Å². The average molecular weight is 304 g/mol. The van der Waals surface area contributed by atoms with Gasteiger partial charge < -0.3 is 20.8 Å². The summed E-state index contributed by atoms with van der Waals surface area (Å²) in [6, 6.07) is 2.92. The van der Waals surface area contributed by atoms with Crippen LogP contribution in [0, 0.1) is 0 Å². The number of rotatable bonds is 5. The van der Waals surface area contributed by atoms with E-state index in [2.05, 4.69) is 15.9 Å². The van der Waals surface area contributed by atoms with Crippen molar-refractivity contribution in [1.82, 2.24) is 4.90 Å². The van der Waals surface area contributed by atoms with Crippen LogP contribution in [0.25, 0.3) is 0 Å². The first kappa shape index (κ1) is 13.2. The van der Waals surface area contributed by atoms with Gasteiger partial charge >= 0.3 is 0 Å². The molecule has 0 atom stereocenters. The van der Waals surface area contributed by atoms with Crippen LogP contribution in [0.15, 0.2) is 21.2 Å². The lowest BCUT2D eigenvalue weighted by molar-refractivity contribution is -0.121. The number of carbonyl (C=O) groups excluding carboxylic acids is 3. The monoisotopic (exact) mass is 303 g/mol. The van der Waals surface area contributed by atoms with E-state index in [1.165, 1.54) is 12.1 Å². The van der Waals surface area contributed by atoms with Crippen molar-refractivity contribution in [2.45, 2.75) is 0 Å². The number of furan rings is 1. The van der Waals surface area contributed by atoms with E-state index in [0.29, 0.717) is 4.67 Å². The van der Waals surface area contributed by atoms with Gasteiger partial charge in [0.25, 0.3) is 5.91 Å². The van der Waals surface area contributed by atoms with Crippen molar-refractivity contribution >= 4 is 33.7 Å². The van der Waals surface area contributed by atoms with Crippen molar-refractivity contribution < 1.29 is 18.8 Å². The second-order valence-corrected chi connectivity index (χ2v) is 3.98. The maximum Gasteiger partial charge on any atom is 0.290 e. The Bertz CT molecular complexity index is 441. The van der Waals surface area contributed by atoms with Gasteiger partial charge in [-0.25, -0.2) is 0 Å². The molecule has 7 nitrogen and oxygen atoms in total. The Hall–Kier alpha value is -1.83. The molecule has 0 aromatic carbocycles. The van der Waals surface area contributed by atoms with Crippen LogP contribution in [0.3, 0.4) is 0 Å². The topological polar surface area (TPSA) is 120 Å². The van der Waals surface area contributed by atoms with Crippen molar-refractivity contribution in [3.63, 3.8) is 0 Å². The van der Waals surface area contributed by atoms with E-state index < -0.39 is 30.8 Å². The first-order valence-electron chi connectivity index (χ1n) is 4.51. The summed E-state index contributed by atoms with van der Waals surface area (Å²) in [6.07, 6.45) is 0. The lowest BCUT2D eigenvalue weighted by Crippen LogP contribution is -2.43. The molecular weight excluding hydrogens is 294 g/mol. The highest BCUT2D eigenvalue weighted by Crippen LogP contribution is 2.15. The fourth-order valence-corrected chi connectivity index (χ4v) is 1.47. The predicted molar refractivity (Wildman–Crippen MR) is 60.7 cm³/mol. The SMILES string of the molecule is NC(=O)CN(CC(N)=O)C(=O)c1ccc(Br)o1. The minimum atomic E-state index is -0.745. The van der Waals surface area contributed by atoms with Crippen LogP contribution in [0.4, 0.5) is 0 Å². The summed E-state index contributed by atoms with van der Waals surface area (Å²) < 4.78 is 5.37. The number of amides is 3. The minimum absolute atomic E-state index is 0.0145. The van der Waals surface area contributed by atoms with E-state index in [9.17, 15) is 14.4 Å². The summed E-state index contributed by atoms with van der Waals surface area (Å²) in [5.74, 6) is -2.14. The molecule has 4 N–H and O–H groups in total. The number of primary amides is 2. The van der Waals surface area contributed by atoms with Gasteiger partial charge in [-0.3, -0.25) is 14.4 Å². The normalized spacial score (nSPS) is 9.94. The van der Waals surface area contributed by atoms with Gasteiger partial charge in [-0.1, -0.05) is 0 Å². The predicted octanol–water partition coefficient (Wildman–Crippen LogP) is -0.545. The molecule has 0 saturated heterocycles. The number of halogens is 1. The second-order valence-electron chi connectivity index (χ2n) is 3.20. The molecule has 92 valence electrons. The third-order valence-corrected chi connectivity index (χ3v) is 2.19. The van der Waals surface area contributed by atoms with Gasteiger partial charge in [-0.15, -0.1) is 0 Å². The van der Waals surface area contributed by atoms with Gasteiger partial charge in [0.2, 0.25) is 11.8 Å². The number of nitrogens with two attached hydrogens (primary N) is 2. The van der Waals surface area contributed by atoms with Crippen molar-refractivity contribution in [1.29, 1.82) is 0 Å². The molecule has 0 bridgehead atoms. The first-order valence-corrected chi connectivity index (χ1v) is 5.30. The molecule has 0 unspecified atom stereocenters. The average Bonchev–Trinajstić information content (AvgIpc) is 2.61. The Morgan fingerprint density at radius 3 is 2.06 bits per heavy atom. The largest absolute Gasteiger partial charge is 0.444 e. The lowest BCUT2D eigenvalue weighted by Gasteiger charge is -2.17. The van der Waals surface area contributed by atoms with E-state index >= 15 is 0 Å². The van der Waals surface area contributed by atoms with Gasteiger partial charge in [-0.2, -0.15) is 0 Å². The van der Waals surface area contributed by atoms with Gasteiger partial charge in [-0.05, 0) is 28.1 Å². The molecule has 0 radical (unpaired) electrons. The zero-order valence-corrected chi connectivity index (χ0v) is 10.3. The molecule has 3 amide bonds. The molecule has 0 spiro atoms. The van der Waals surface area contributed by atoms with Gasteiger partial charge in [0.05, 0.1) is 0 Å². The number of hydrogen-bond donors (Lipinski definition) is 2. The number of hydrogen-bond acceptors (Lipinski definition) is 4.